The summed E-state index contributed by atoms with van der Waals surface area (Å²) in [5.41, 5.74) is 0. The lowest BCUT2D eigenvalue weighted by Crippen LogP contribution is -2.59. The Kier molecular flexibility index (Phi) is 11.0. The number of carbonyl (C=O) groups is 6. The van der Waals surface area contributed by atoms with Crippen LogP contribution >= 0.6 is 0 Å². The Morgan fingerprint density at radius 1 is 0.697 bits per heavy atom. The monoisotopic (exact) mass is 474 g/mol. The number of hydrogen-bond donors (Lipinski definition) is 3. The first-order valence-electron chi connectivity index (χ1n) is 9.73. The van der Waals surface area contributed by atoms with Crippen molar-refractivity contribution in [2.45, 2.75) is 38.1 Å². The second kappa shape index (κ2) is 12.9. The summed E-state index contributed by atoms with van der Waals surface area (Å²) in [7, 11) is 8.96. The van der Waals surface area contributed by atoms with Crippen LogP contribution < -0.4 is 16.0 Å². The van der Waals surface area contributed by atoms with Crippen molar-refractivity contribution in [1.29, 1.82) is 0 Å². The summed E-state index contributed by atoms with van der Waals surface area (Å²) in [5, 5.41) is 8.15. The van der Waals surface area contributed by atoms with Gasteiger partial charge in [-0.15, -0.1) is 0 Å². The molecule has 8 amide bonds. The Morgan fingerprint density at radius 3 is 1.55 bits per heavy atom. The zero-order valence-electron chi connectivity index (χ0n) is 19.4. The molecule has 3 aliphatic heterocycles. The van der Waals surface area contributed by atoms with Gasteiger partial charge in [-0.1, -0.05) is 0 Å². The molecule has 3 fully saturated rings. The SMILES string of the molecule is CN1C(=O)CC(=O)N(C)C1=O.CN1C(=O)CC(=O)NC1=O.COC1CC(OC)NC(OC)N1. The van der Waals surface area contributed by atoms with Crippen molar-refractivity contribution >= 4 is 35.7 Å². The van der Waals surface area contributed by atoms with Crippen molar-refractivity contribution in [3.05, 3.63) is 0 Å². The van der Waals surface area contributed by atoms with E-state index in [1.165, 1.54) is 21.1 Å². The standard InChI is InChI=1S/C7H16N2O3.C6H8N2O3.C5H6N2O3/c1-10-5-4-6(11-2)9-7(8-5)12-3;1-7-4(9)3-5(10)8(2)6(7)11;1-7-4(9)2-3(8)6-5(7)10/h5-9H,4H2,1-3H3;3H2,1-2H3;2H2,1H3,(H,6,8,10). The predicted molar refractivity (Wildman–Crippen MR) is 110 cm³/mol. The third-order valence-electron chi connectivity index (χ3n) is 4.77. The van der Waals surface area contributed by atoms with Crippen LogP contribution in [0.3, 0.4) is 0 Å². The zero-order chi connectivity index (χ0) is 25.3. The molecule has 33 heavy (non-hydrogen) atoms. The van der Waals surface area contributed by atoms with Crippen LogP contribution in [0.5, 0.6) is 0 Å². The molecule has 3 heterocycles. The minimum atomic E-state index is -0.652. The number of imide groups is 4. The fourth-order valence-electron chi connectivity index (χ4n) is 2.60. The zero-order valence-corrected chi connectivity index (χ0v) is 19.4. The number of ether oxygens (including phenoxy) is 3. The number of carbonyl (C=O) groups excluding carboxylic acids is 6. The molecule has 0 aromatic heterocycles. The molecule has 3 N–H and O–H groups in total. The number of nitrogens with one attached hydrogen (secondary N) is 3. The molecule has 0 spiro atoms. The van der Waals surface area contributed by atoms with Crippen LogP contribution in [0.2, 0.25) is 0 Å². The Hall–Kier alpha value is -2.98. The van der Waals surface area contributed by atoms with E-state index in [2.05, 4.69) is 10.6 Å². The van der Waals surface area contributed by atoms with Crippen LogP contribution in [0.25, 0.3) is 0 Å². The number of barbiturate groups is 2. The van der Waals surface area contributed by atoms with Crippen LogP contribution in [-0.4, -0.2) is 112 Å². The van der Waals surface area contributed by atoms with E-state index in [1.807, 2.05) is 5.32 Å². The summed E-state index contributed by atoms with van der Waals surface area (Å²) < 4.78 is 15.4. The average Bonchev–Trinajstić information content (AvgIpc) is 2.80. The maximum Gasteiger partial charge on any atom is 0.332 e. The Labute approximate surface area is 190 Å². The Balaban J connectivity index is 0.000000249. The van der Waals surface area contributed by atoms with E-state index >= 15 is 0 Å². The molecule has 3 saturated heterocycles. The van der Waals surface area contributed by atoms with Crippen LogP contribution in [-0.2, 0) is 33.4 Å². The molecule has 0 saturated carbocycles. The first-order chi connectivity index (χ1) is 15.4. The minimum Gasteiger partial charge on any atom is -0.366 e. The number of hydrogen-bond acceptors (Lipinski definition) is 11. The van der Waals surface area contributed by atoms with Gasteiger partial charge >= 0.3 is 12.1 Å². The smallest absolute Gasteiger partial charge is 0.332 e. The number of rotatable bonds is 3. The van der Waals surface area contributed by atoms with Crippen LogP contribution in [0.4, 0.5) is 9.59 Å². The first-order valence-corrected chi connectivity index (χ1v) is 9.73. The highest BCUT2D eigenvalue weighted by molar-refractivity contribution is 6.14. The molecule has 3 rings (SSSR count). The van der Waals surface area contributed by atoms with E-state index in [9.17, 15) is 28.8 Å². The van der Waals surface area contributed by atoms with Gasteiger partial charge in [0.2, 0.25) is 23.6 Å². The van der Waals surface area contributed by atoms with Gasteiger partial charge in [-0.25, -0.2) is 9.59 Å². The second-order valence-electron chi connectivity index (χ2n) is 6.98. The molecule has 15 nitrogen and oxygen atoms in total. The van der Waals surface area contributed by atoms with Crippen LogP contribution in [0.15, 0.2) is 0 Å². The van der Waals surface area contributed by atoms with E-state index in [1.54, 1.807) is 21.3 Å². The summed E-state index contributed by atoms with van der Waals surface area (Å²) in [6.07, 6.45) is 0.101. The number of methoxy groups -OCH3 is 3. The number of amides is 8. The number of nitrogens with zero attached hydrogens (tertiary/aromatic N) is 3. The predicted octanol–water partition coefficient (Wildman–Crippen LogP) is -2.04. The van der Waals surface area contributed by atoms with Gasteiger partial charge in [0, 0.05) is 48.9 Å². The van der Waals surface area contributed by atoms with Crippen molar-refractivity contribution in [3.63, 3.8) is 0 Å². The number of urea groups is 2. The fraction of sp³-hybridized carbons (Fsp3) is 0.667. The van der Waals surface area contributed by atoms with E-state index in [-0.39, 0.29) is 31.6 Å². The van der Waals surface area contributed by atoms with Crippen molar-refractivity contribution in [1.82, 2.24) is 30.7 Å². The normalized spacial score (nSPS) is 25.8. The maximum atomic E-state index is 11.0. The second-order valence-corrected chi connectivity index (χ2v) is 6.98. The molecular weight excluding hydrogens is 444 g/mol. The van der Waals surface area contributed by atoms with E-state index in [0.29, 0.717) is 0 Å². The van der Waals surface area contributed by atoms with Gasteiger partial charge in [-0.2, -0.15) is 0 Å². The third-order valence-corrected chi connectivity index (χ3v) is 4.77. The van der Waals surface area contributed by atoms with E-state index in [0.717, 1.165) is 21.1 Å². The van der Waals surface area contributed by atoms with Crippen molar-refractivity contribution in [3.8, 4) is 0 Å². The molecular formula is C18H30N6O9. The largest absolute Gasteiger partial charge is 0.366 e. The highest BCUT2D eigenvalue weighted by atomic mass is 16.5. The molecule has 2 unspecified atom stereocenters. The Morgan fingerprint density at radius 2 is 1.15 bits per heavy atom. The highest BCUT2D eigenvalue weighted by Gasteiger charge is 2.32. The van der Waals surface area contributed by atoms with Crippen molar-refractivity contribution < 1.29 is 43.0 Å². The fourth-order valence-corrected chi connectivity index (χ4v) is 2.60. The van der Waals surface area contributed by atoms with Gasteiger partial charge in [-0.05, 0) is 0 Å². The topological polar surface area (TPSA) is 176 Å². The van der Waals surface area contributed by atoms with Crippen molar-refractivity contribution in [2.75, 3.05) is 42.5 Å². The van der Waals surface area contributed by atoms with E-state index < -0.39 is 35.7 Å². The highest BCUT2D eigenvalue weighted by Crippen LogP contribution is 2.08. The molecule has 3 aliphatic rings. The molecule has 0 aromatic carbocycles. The molecule has 2 atom stereocenters. The van der Waals surface area contributed by atoms with Crippen molar-refractivity contribution in [2.24, 2.45) is 0 Å². The van der Waals surface area contributed by atoms with Gasteiger partial charge in [0.05, 0.1) is 0 Å². The summed E-state index contributed by atoms with van der Waals surface area (Å²) in [6.45, 7) is 0. The summed E-state index contributed by atoms with van der Waals surface area (Å²) in [5.74, 6) is -1.89. The van der Waals surface area contributed by atoms with Crippen LogP contribution in [0.1, 0.15) is 19.3 Å². The van der Waals surface area contributed by atoms with Gasteiger partial charge < -0.3 is 14.2 Å². The third kappa shape index (κ3) is 8.14. The molecule has 0 aromatic rings. The molecule has 15 heteroatoms. The van der Waals surface area contributed by atoms with Gasteiger partial charge in [0.15, 0.2) is 6.35 Å². The first kappa shape index (κ1) is 28.1. The van der Waals surface area contributed by atoms with E-state index in [4.69, 9.17) is 14.2 Å². The average molecular weight is 474 g/mol. The lowest BCUT2D eigenvalue weighted by Gasteiger charge is -2.34. The van der Waals surface area contributed by atoms with Gasteiger partial charge in [0.25, 0.3) is 0 Å². The maximum absolute atomic E-state index is 11.0. The van der Waals surface area contributed by atoms with Gasteiger partial charge in [-0.3, -0.25) is 49.8 Å². The quantitative estimate of drug-likeness (QED) is 0.384. The summed E-state index contributed by atoms with van der Waals surface area (Å²) in [6, 6.07) is -1.22. The molecule has 0 radical (unpaired) electrons. The molecule has 0 bridgehead atoms. The Bertz CT molecular complexity index is 705. The lowest BCUT2D eigenvalue weighted by molar-refractivity contribution is -0.141. The van der Waals surface area contributed by atoms with Crippen LogP contribution in [0, 0.1) is 0 Å². The summed E-state index contributed by atoms with van der Waals surface area (Å²) in [4.78, 5) is 67.0. The molecule has 0 aliphatic carbocycles. The minimum absolute atomic E-state index is 0.0128. The lowest BCUT2D eigenvalue weighted by atomic mass is 10.3. The molecule has 186 valence electrons. The van der Waals surface area contributed by atoms with Gasteiger partial charge in [0.1, 0.15) is 25.3 Å². The summed E-state index contributed by atoms with van der Waals surface area (Å²) >= 11 is 0.